The average molecular weight is 481 g/mol. The molecule has 0 bridgehead atoms. The Kier molecular flexibility index (Phi) is 5.69. The summed E-state index contributed by atoms with van der Waals surface area (Å²) in [5, 5.41) is 0. The molecule has 0 atom stereocenters. The minimum atomic E-state index is 0.833. The third kappa shape index (κ3) is 3.93. The lowest BCUT2D eigenvalue weighted by Gasteiger charge is -2.22. The zero-order valence-corrected chi connectivity index (χ0v) is 21.5. The first-order valence-electron chi connectivity index (χ1n) is 12.6. The third-order valence-electron chi connectivity index (χ3n) is 7.09. The van der Waals surface area contributed by atoms with Crippen LogP contribution in [0.3, 0.4) is 0 Å². The molecule has 0 N–H and O–H groups in total. The molecule has 6 rings (SSSR count). The summed E-state index contributed by atoms with van der Waals surface area (Å²) in [5.41, 5.74) is 13.3. The monoisotopic (exact) mass is 480 g/mol. The first-order chi connectivity index (χ1) is 18.0. The fourth-order valence-corrected chi connectivity index (χ4v) is 5.16. The highest BCUT2D eigenvalue weighted by atomic mass is 16.3. The molecule has 1 aliphatic rings. The van der Waals surface area contributed by atoms with Crippen molar-refractivity contribution in [2.24, 2.45) is 9.98 Å². The molecule has 3 heteroatoms. The van der Waals surface area contributed by atoms with Gasteiger partial charge >= 0.3 is 0 Å². The number of fused-ring (bicyclic) bond motifs is 3. The Morgan fingerprint density at radius 1 is 0.486 bits per heavy atom. The standard InChI is InChI=1S/C34H28N2O/c1-21-12-10-13-22(2)30(21)35-32-26-18-8-9-19-27(26)34-29(28(20-37-34)25-16-6-5-7-17-25)33(32)36-31-23(3)14-11-15-24(31)4/h5-20H,1-4H3/b35-32+,36-33+. The number of benzene rings is 4. The quantitative estimate of drug-likeness (QED) is 0.254. The molecule has 0 amide bonds. The van der Waals surface area contributed by atoms with Crippen LogP contribution < -0.4 is 0 Å². The average Bonchev–Trinajstić information content (AvgIpc) is 3.35. The summed E-state index contributed by atoms with van der Waals surface area (Å²) < 4.78 is 6.31. The van der Waals surface area contributed by atoms with Crippen molar-refractivity contribution in [3.8, 4) is 22.5 Å². The minimum absolute atomic E-state index is 0.833. The van der Waals surface area contributed by atoms with E-state index in [4.69, 9.17) is 14.4 Å². The van der Waals surface area contributed by atoms with E-state index in [1.54, 1.807) is 0 Å². The summed E-state index contributed by atoms with van der Waals surface area (Å²) in [6.07, 6.45) is 1.86. The number of hydrogen-bond donors (Lipinski definition) is 0. The fourth-order valence-electron chi connectivity index (χ4n) is 5.16. The Balaban J connectivity index is 1.74. The van der Waals surface area contributed by atoms with E-state index in [9.17, 15) is 0 Å². The number of para-hydroxylation sites is 2. The van der Waals surface area contributed by atoms with Crippen molar-refractivity contribution in [2.45, 2.75) is 27.7 Å². The van der Waals surface area contributed by atoms with Crippen molar-refractivity contribution in [2.75, 3.05) is 0 Å². The first kappa shape index (κ1) is 22.9. The molecule has 1 heterocycles. The molecule has 1 aliphatic carbocycles. The van der Waals surface area contributed by atoms with Gasteiger partial charge in [0.15, 0.2) is 0 Å². The third-order valence-corrected chi connectivity index (χ3v) is 7.09. The van der Waals surface area contributed by atoms with E-state index in [-0.39, 0.29) is 0 Å². The molecule has 0 radical (unpaired) electrons. The maximum Gasteiger partial charge on any atom is 0.144 e. The maximum absolute atomic E-state index is 6.31. The second-order valence-electron chi connectivity index (χ2n) is 9.67. The lowest BCUT2D eigenvalue weighted by atomic mass is 9.84. The van der Waals surface area contributed by atoms with E-state index >= 15 is 0 Å². The highest BCUT2D eigenvalue weighted by Gasteiger charge is 2.33. The number of furan rings is 1. The Labute approximate surface area is 217 Å². The van der Waals surface area contributed by atoms with Crippen LogP contribution in [0.1, 0.15) is 33.4 Å². The van der Waals surface area contributed by atoms with Crippen LogP contribution in [-0.2, 0) is 0 Å². The highest BCUT2D eigenvalue weighted by molar-refractivity contribution is 6.58. The Morgan fingerprint density at radius 3 is 1.59 bits per heavy atom. The van der Waals surface area contributed by atoms with Crippen molar-refractivity contribution < 1.29 is 4.42 Å². The van der Waals surface area contributed by atoms with E-state index < -0.39 is 0 Å². The van der Waals surface area contributed by atoms with Gasteiger partial charge in [-0.2, -0.15) is 0 Å². The minimum Gasteiger partial charge on any atom is -0.463 e. The summed E-state index contributed by atoms with van der Waals surface area (Å²) in [6, 6.07) is 31.3. The molecule has 0 saturated carbocycles. The van der Waals surface area contributed by atoms with Gasteiger partial charge in [-0.15, -0.1) is 0 Å². The van der Waals surface area contributed by atoms with Gasteiger partial charge in [0.1, 0.15) is 11.5 Å². The molecule has 0 aliphatic heterocycles. The zero-order valence-electron chi connectivity index (χ0n) is 21.5. The molecule has 5 aromatic rings. The number of aryl methyl sites for hydroxylation is 4. The number of nitrogens with zero attached hydrogens (tertiary/aromatic N) is 2. The molecule has 180 valence electrons. The molecular formula is C34H28N2O. The molecule has 0 saturated heterocycles. The molecule has 4 aromatic carbocycles. The molecule has 0 unspecified atom stereocenters. The van der Waals surface area contributed by atoms with Crippen molar-refractivity contribution >= 4 is 22.8 Å². The van der Waals surface area contributed by atoms with Crippen LogP contribution in [0.5, 0.6) is 0 Å². The van der Waals surface area contributed by atoms with Crippen LogP contribution in [0.4, 0.5) is 11.4 Å². The zero-order chi connectivity index (χ0) is 25.5. The van der Waals surface area contributed by atoms with Gasteiger partial charge in [0.05, 0.1) is 28.9 Å². The SMILES string of the molecule is Cc1cccc(C)c1/N=C1/C(=N/c2c(C)cccc2C)c2c(-c3ccccc3)coc2-c2ccccc21. The lowest BCUT2D eigenvalue weighted by molar-refractivity contribution is 0.582. The van der Waals surface area contributed by atoms with Crippen LogP contribution in [0.2, 0.25) is 0 Å². The Bertz CT molecular complexity index is 1650. The maximum atomic E-state index is 6.31. The number of aliphatic imine (C=N–C) groups is 2. The van der Waals surface area contributed by atoms with E-state index in [0.717, 1.165) is 78.6 Å². The highest BCUT2D eigenvalue weighted by Crippen LogP contribution is 2.43. The largest absolute Gasteiger partial charge is 0.463 e. The molecular weight excluding hydrogens is 452 g/mol. The molecule has 0 fully saturated rings. The Hall–Kier alpha value is -4.50. The van der Waals surface area contributed by atoms with Crippen LogP contribution in [0, 0.1) is 27.7 Å². The van der Waals surface area contributed by atoms with Gasteiger partial charge in [0.25, 0.3) is 0 Å². The predicted molar refractivity (Wildman–Crippen MR) is 154 cm³/mol. The fraction of sp³-hybridized carbons (Fsp3) is 0.118. The summed E-state index contributed by atoms with van der Waals surface area (Å²) in [7, 11) is 0. The van der Waals surface area contributed by atoms with Gasteiger partial charge in [0, 0.05) is 16.7 Å². The van der Waals surface area contributed by atoms with E-state index in [2.05, 4.69) is 113 Å². The van der Waals surface area contributed by atoms with Crippen molar-refractivity contribution in [3.63, 3.8) is 0 Å². The number of rotatable bonds is 3. The normalized spacial score (nSPS) is 14.6. The van der Waals surface area contributed by atoms with Gasteiger partial charge in [-0.05, 0) is 55.5 Å². The molecule has 1 aromatic heterocycles. The van der Waals surface area contributed by atoms with Crippen LogP contribution >= 0.6 is 0 Å². The van der Waals surface area contributed by atoms with E-state index in [1.165, 1.54) is 0 Å². The summed E-state index contributed by atoms with van der Waals surface area (Å²) in [4.78, 5) is 10.7. The molecule has 3 nitrogen and oxygen atoms in total. The first-order valence-corrected chi connectivity index (χ1v) is 12.6. The second kappa shape index (κ2) is 9.18. The summed E-state index contributed by atoms with van der Waals surface area (Å²) in [5.74, 6) is 0.833. The summed E-state index contributed by atoms with van der Waals surface area (Å²) in [6.45, 7) is 8.45. The van der Waals surface area contributed by atoms with Crippen LogP contribution in [0.25, 0.3) is 22.5 Å². The summed E-state index contributed by atoms with van der Waals surface area (Å²) >= 11 is 0. The van der Waals surface area contributed by atoms with Crippen molar-refractivity contribution in [1.29, 1.82) is 0 Å². The van der Waals surface area contributed by atoms with Gasteiger partial charge < -0.3 is 4.42 Å². The topological polar surface area (TPSA) is 37.9 Å². The molecule has 37 heavy (non-hydrogen) atoms. The van der Waals surface area contributed by atoms with E-state index in [1.807, 2.05) is 12.3 Å². The smallest absolute Gasteiger partial charge is 0.144 e. The van der Waals surface area contributed by atoms with Crippen LogP contribution in [-0.4, -0.2) is 11.4 Å². The Morgan fingerprint density at radius 2 is 1.00 bits per heavy atom. The van der Waals surface area contributed by atoms with Gasteiger partial charge in [-0.3, -0.25) is 0 Å². The van der Waals surface area contributed by atoms with Gasteiger partial charge in [0.2, 0.25) is 0 Å². The van der Waals surface area contributed by atoms with Gasteiger partial charge in [-0.1, -0.05) is 91.0 Å². The van der Waals surface area contributed by atoms with E-state index in [0.29, 0.717) is 0 Å². The predicted octanol–water partition coefficient (Wildman–Crippen LogP) is 9.10. The lowest BCUT2D eigenvalue weighted by Crippen LogP contribution is -2.23. The molecule has 0 spiro atoms. The van der Waals surface area contributed by atoms with Crippen molar-refractivity contribution in [1.82, 2.24) is 0 Å². The van der Waals surface area contributed by atoms with Gasteiger partial charge in [-0.25, -0.2) is 9.98 Å². The van der Waals surface area contributed by atoms with Crippen molar-refractivity contribution in [3.05, 3.63) is 131 Å². The second-order valence-corrected chi connectivity index (χ2v) is 9.67. The van der Waals surface area contributed by atoms with Crippen LogP contribution in [0.15, 0.2) is 112 Å². The number of hydrogen-bond acceptors (Lipinski definition) is 3.